The number of aromatic nitrogens is 1. The molecule has 1 aromatic heterocycles. The fourth-order valence-electron chi connectivity index (χ4n) is 3.77. The molecule has 1 aromatic carbocycles. The Morgan fingerprint density at radius 1 is 1.15 bits per heavy atom. The second kappa shape index (κ2) is 6.83. The molecule has 0 unspecified atom stereocenters. The largest absolute Gasteiger partial charge is 0.493 e. The van der Waals surface area contributed by atoms with E-state index in [1.165, 1.54) is 11.1 Å². The van der Waals surface area contributed by atoms with E-state index < -0.39 is 0 Å². The molecular formula is C20H23N3O2S. The molecule has 0 aliphatic carbocycles. The van der Waals surface area contributed by atoms with Crippen LogP contribution in [0.5, 0.6) is 11.5 Å². The van der Waals surface area contributed by atoms with E-state index in [1.54, 1.807) is 14.2 Å². The van der Waals surface area contributed by atoms with Crippen molar-refractivity contribution in [2.45, 2.75) is 31.2 Å². The molecule has 6 heteroatoms. The lowest BCUT2D eigenvalue weighted by molar-refractivity contribution is 0.316. The number of methoxy groups -OCH3 is 2. The fraction of sp³-hybridized carbons (Fsp3) is 0.400. The summed E-state index contributed by atoms with van der Waals surface area (Å²) >= 11 is 1.85. The Labute approximate surface area is 158 Å². The summed E-state index contributed by atoms with van der Waals surface area (Å²) in [4.78, 5) is 12.0. The van der Waals surface area contributed by atoms with Gasteiger partial charge in [-0.1, -0.05) is 24.8 Å². The van der Waals surface area contributed by atoms with E-state index in [2.05, 4.69) is 35.9 Å². The number of aliphatic imine (C=N–C) groups is 1. The number of nitrogens with zero attached hydrogens (tertiary/aromatic N) is 3. The molecule has 0 N–H and O–H groups in total. The number of fused-ring (bicyclic) bond motifs is 1. The first-order valence-corrected chi connectivity index (χ1v) is 9.65. The first kappa shape index (κ1) is 17.2. The van der Waals surface area contributed by atoms with Gasteiger partial charge >= 0.3 is 0 Å². The molecule has 0 radical (unpaired) electrons. The van der Waals surface area contributed by atoms with Crippen molar-refractivity contribution in [2.24, 2.45) is 4.99 Å². The number of hydrogen-bond donors (Lipinski definition) is 0. The normalized spacial score (nSPS) is 24.4. The van der Waals surface area contributed by atoms with Gasteiger partial charge in [0.2, 0.25) is 0 Å². The minimum Gasteiger partial charge on any atom is -0.493 e. The van der Waals surface area contributed by atoms with E-state index >= 15 is 0 Å². The zero-order valence-electron chi connectivity index (χ0n) is 15.5. The van der Waals surface area contributed by atoms with Crippen LogP contribution < -0.4 is 9.47 Å². The molecule has 1 saturated heterocycles. The van der Waals surface area contributed by atoms with Gasteiger partial charge in [0, 0.05) is 18.0 Å². The zero-order valence-corrected chi connectivity index (χ0v) is 16.3. The topological polar surface area (TPSA) is 47.0 Å². The van der Waals surface area contributed by atoms with Crippen LogP contribution in [0.2, 0.25) is 0 Å². The maximum atomic E-state index is 5.56. The summed E-state index contributed by atoms with van der Waals surface area (Å²) in [5.74, 6) is 1.51. The number of aryl methyl sites for hydroxylation is 1. The van der Waals surface area contributed by atoms with Crippen LogP contribution in [0.15, 0.2) is 41.5 Å². The van der Waals surface area contributed by atoms with E-state index in [-0.39, 0.29) is 12.1 Å². The lowest BCUT2D eigenvalue weighted by atomic mass is 9.92. The maximum absolute atomic E-state index is 5.56. The standard InChI is InChI=1S/C20H23N3O2S/c1-12-9-16(24-3)17(25-4)10-14(12)19-18(15-7-5-6-8-21-15)22-20-23(19)11-13(2)26-20/h5-10,13,18-19H,11H2,1-4H3/t13-,18+,19-/m1/s1. The van der Waals surface area contributed by atoms with Crippen molar-refractivity contribution in [3.8, 4) is 11.5 Å². The van der Waals surface area contributed by atoms with Crippen molar-refractivity contribution < 1.29 is 9.47 Å². The molecule has 2 aliphatic rings. The summed E-state index contributed by atoms with van der Waals surface area (Å²) in [6.07, 6.45) is 1.84. The van der Waals surface area contributed by atoms with Crippen molar-refractivity contribution in [3.05, 3.63) is 53.3 Å². The smallest absolute Gasteiger partial charge is 0.161 e. The Kier molecular flexibility index (Phi) is 4.53. The van der Waals surface area contributed by atoms with Crippen LogP contribution in [0.3, 0.4) is 0 Å². The summed E-state index contributed by atoms with van der Waals surface area (Å²) in [5, 5.41) is 1.66. The van der Waals surface area contributed by atoms with E-state index in [0.717, 1.165) is 28.9 Å². The summed E-state index contributed by atoms with van der Waals surface area (Å²) in [7, 11) is 3.35. The maximum Gasteiger partial charge on any atom is 0.161 e. The number of thioether (sulfide) groups is 1. The van der Waals surface area contributed by atoms with Crippen molar-refractivity contribution >= 4 is 16.9 Å². The second-order valence-corrected chi connectivity index (χ2v) is 8.11. The Balaban J connectivity index is 1.82. The Morgan fingerprint density at radius 2 is 1.92 bits per heavy atom. The Hall–Kier alpha value is -2.21. The van der Waals surface area contributed by atoms with E-state index in [9.17, 15) is 0 Å². The average molecular weight is 369 g/mol. The van der Waals surface area contributed by atoms with Crippen LogP contribution in [0.4, 0.5) is 0 Å². The highest BCUT2D eigenvalue weighted by molar-refractivity contribution is 8.14. The van der Waals surface area contributed by atoms with Crippen LogP contribution in [0.1, 0.15) is 35.8 Å². The monoisotopic (exact) mass is 369 g/mol. The highest BCUT2D eigenvalue weighted by atomic mass is 32.2. The van der Waals surface area contributed by atoms with E-state index in [4.69, 9.17) is 14.5 Å². The summed E-state index contributed by atoms with van der Waals surface area (Å²) < 4.78 is 11.0. The number of hydrogen-bond acceptors (Lipinski definition) is 6. The SMILES string of the molecule is COc1cc(C)c([C@@H]2[C@H](c3ccccn3)N=C3S[C@H](C)CN32)cc1OC. The third-order valence-electron chi connectivity index (χ3n) is 4.97. The van der Waals surface area contributed by atoms with Crippen LogP contribution in [0, 0.1) is 6.92 Å². The highest BCUT2D eigenvalue weighted by Crippen LogP contribution is 2.49. The van der Waals surface area contributed by atoms with Gasteiger partial charge in [-0.3, -0.25) is 9.98 Å². The summed E-state index contributed by atoms with van der Waals surface area (Å²) in [5.41, 5.74) is 3.39. The molecule has 2 aromatic rings. The summed E-state index contributed by atoms with van der Waals surface area (Å²) in [6.45, 7) is 5.36. The van der Waals surface area contributed by atoms with Gasteiger partial charge in [0.1, 0.15) is 6.04 Å². The van der Waals surface area contributed by atoms with Gasteiger partial charge in [-0.15, -0.1) is 0 Å². The molecule has 4 rings (SSSR count). The molecule has 0 spiro atoms. The molecule has 136 valence electrons. The van der Waals surface area contributed by atoms with Gasteiger partial charge in [-0.25, -0.2) is 0 Å². The number of rotatable bonds is 4. The Morgan fingerprint density at radius 3 is 2.62 bits per heavy atom. The molecule has 26 heavy (non-hydrogen) atoms. The molecule has 0 saturated carbocycles. The first-order valence-electron chi connectivity index (χ1n) is 8.77. The van der Waals surface area contributed by atoms with Crippen LogP contribution in [0.25, 0.3) is 0 Å². The van der Waals surface area contributed by atoms with Crippen LogP contribution in [-0.4, -0.2) is 41.1 Å². The molecule has 0 bridgehead atoms. The molecule has 3 atom stereocenters. The third-order valence-corrected chi connectivity index (χ3v) is 6.07. The predicted molar refractivity (Wildman–Crippen MR) is 105 cm³/mol. The van der Waals surface area contributed by atoms with Gasteiger partial charge in [-0.05, 0) is 42.3 Å². The van der Waals surface area contributed by atoms with Crippen LogP contribution >= 0.6 is 11.8 Å². The van der Waals surface area contributed by atoms with Crippen molar-refractivity contribution in [2.75, 3.05) is 20.8 Å². The fourth-order valence-corrected chi connectivity index (χ4v) is 4.86. The Bertz CT molecular complexity index is 840. The molecule has 3 heterocycles. The lowest BCUT2D eigenvalue weighted by Crippen LogP contribution is -2.29. The number of benzene rings is 1. The third kappa shape index (κ3) is 2.82. The van der Waals surface area contributed by atoms with Crippen molar-refractivity contribution in [3.63, 3.8) is 0 Å². The van der Waals surface area contributed by atoms with E-state index in [1.807, 2.05) is 36.2 Å². The quantitative estimate of drug-likeness (QED) is 0.815. The zero-order chi connectivity index (χ0) is 18.3. The van der Waals surface area contributed by atoms with Gasteiger partial charge < -0.3 is 14.4 Å². The van der Waals surface area contributed by atoms with Crippen molar-refractivity contribution in [1.82, 2.24) is 9.88 Å². The number of ether oxygens (including phenoxy) is 2. The minimum absolute atomic E-state index is 0.0111. The van der Waals surface area contributed by atoms with Gasteiger partial charge in [-0.2, -0.15) is 0 Å². The molecule has 5 nitrogen and oxygen atoms in total. The predicted octanol–water partition coefficient (Wildman–Crippen LogP) is 4.00. The highest BCUT2D eigenvalue weighted by Gasteiger charge is 2.44. The first-order chi connectivity index (χ1) is 12.6. The molecule has 1 fully saturated rings. The minimum atomic E-state index is -0.0111. The van der Waals surface area contributed by atoms with Gasteiger partial charge in [0.15, 0.2) is 16.7 Å². The van der Waals surface area contributed by atoms with Gasteiger partial charge in [0.05, 0.1) is 26.0 Å². The summed E-state index contributed by atoms with van der Waals surface area (Å²) in [6, 6.07) is 10.3. The molecule has 0 amide bonds. The lowest BCUT2D eigenvalue weighted by Gasteiger charge is -2.29. The van der Waals surface area contributed by atoms with E-state index in [0.29, 0.717) is 5.25 Å². The van der Waals surface area contributed by atoms with Crippen LogP contribution in [-0.2, 0) is 0 Å². The number of pyridine rings is 1. The number of amidine groups is 1. The molecule has 2 aliphatic heterocycles. The average Bonchev–Trinajstić information content (AvgIpc) is 3.18. The van der Waals surface area contributed by atoms with Gasteiger partial charge in [0.25, 0.3) is 0 Å². The molecular weight excluding hydrogens is 346 g/mol. The van der Waals surface area contributed by atoms with Crippen molar-refractivity contribution in [1.29, 1.82) is 0 Å². The second-order valence-electron chi connectivity index (χ2n) is 6.70.